The fourth-order valence-corrected chi connectivity index (χ4v) is 3.81. The summed E-state index contributed by atoms with van der Waals surface area (Å²) in [5.41, 5.74) is 8.81. The van der Waals surface area contributed by atoms with Gasteiger partial charge in [-0.15, -0.1) is 11.3 Å². The molecule has 1 aromatic heterocycles. The molecule has 3 rings (SSSR count). The lowest BCUT2D eigenvalue weighted by molar-refractivity contribution is 0.478. The highest BCUT2D eigenvalue weighted by atomic mass is 32.1. The maximum atomic E-state index is 12.9. The maximum absolute atomic E-state index is 12.9. The molecule has 0 bridgehead atoms. The van der Waals surface area contributed by atoms with Crippen LogP contribution in [-0.2, 0) is 6.42 Å². The van der Waals surface area contributed by atoms with E-state index < -0.39 is 0 Å². The Labute approximate surface area is 110 Å². The van der Waals surface area contributed by atoms with Crippen LogP contribution >= 0.6 is 11.3 Å². The number of fused-ring (bicyclic) bond motifs is 1. The molecule has 0 aliphatic heterocycles. The van der Waals surface area contributed by atoms with Gasteiger partial charge in [-0.1, -0.05) is 12.1 Å². The van der Waals surface area contributed by atoms with Gasteiger partial charge in [-0.3, -0.25) is 0 Å². The normalized spacial score (nSPS) is 20.4. The van der Waals surface area contributed by atoms with E-state index in [4.69, 9.17) is 5.73 Å². The molecule has 1 heterocycles. The summed E-state index contributed by atoms with van der Waals surface area (Å²) in [6.07, 6.45) is 3.51. The summed E-state index contributed by atoms with van der Waals surface area (Å²) in [5, 5.41) is 2.15. The van der Waals surface area contributed by atoms with Crippen LogP contribution in [0.15, 0.2) is 35.7 Å². The van der Waals surface area contributed by atoms with E-state index in [2.05, 4.69) is 11.4 Å². The molecule has 18 heavy (non-hydrogen) atoms. The second-order valence-corrected chi connectivity index (χ2v) is 5.88. The summed E-state index contributed by atoms with van der Waals surface area (Å²) >= 11 is 1.83. The van der Waals surface area contributed by atoms with Gasteiger partial charge < -0.3 is 5.73 Å². The van der Waals surface area contributed by atoms with Gasteiger partial charge in [0.25, 0.3) is 0 Å². The molecule has 0 spiro atoms. The van der Waals surface area contributed by atoms with Crippen LogP contribution in [0.5, 0.6) is 0 Å². The molecule has 0 amide bonds. The largest absolute Gasteiger partial charge is 0.323 e. The van der Waals surface area contributed by atoms with Gasteiger partial charge in [0.05, 0.1) is 0 Å². The van der Waals surface area contributed by atoms with Crippen molar-refractivity contribution >= 4 is 11.3 Å². The Morgan fingerprint density at radius 2 is 2.00 bits per heavy atom. The summed E-state index contributed by atoms with van der Waals surface area (Å²) in [7, 11) is 0. The first-order valence-corrected chi connectivity index (χ1v) is 7.21. The molecule has 1 aliphatic carbocycles. The lowest BCUT2D eigenvalue weighted by atomic mass is 9.80. The number of nitrogens with two attached hydrogens (primary N) is 1. The quantitative estimate of drug-likeness (QED) is 0.868. The zero-order chi connectivity index (χ0) is 12.5. The van der Waals surface area contributed by atoms with Crippen LogP contribution in [0.2, 0.25) is 0 Å². The van der Waals surface area contributed by atoms with E-state index in [1.807, 2.05) is 11.3 Å². The fourth-order valence-electron chi connectivity index (χ4n) is 2.81. The third kappa shape index (κ3) is 2.08. The molecule has 0 radical (unpaired) electrons. The summed E-state index contributed by atoms with van der Waals surface area (Å²) in [6, 6.07) is 8.77. The molecule has 1 aliphatic rings. The van der Waals surface area contributed by atoms with Gasteiger partial charge in [0.15, 0.2) is 0 Å². The van der Waals surface area contributed by atoms with Crippen molar-refractivity contribution in [3.8, 4) is 0 Å². The number of thiophene rings is 1. The number of rotatable bonds is 2. The minimum Gasteiger partial charge on any atom is -0.323 e. The number of benzene rings is 1. The first-order valence-electron chi connectivity index (χ1n) is 6.33. The maximum Gasteiger partial charge on any atom is 0.123 e. The molecular weight excluding hydrogens is 245 g/mol. The smallest absolute Gasteiger partial charge is 0.123 e. The lowest BCUT2D eigenvalue weighted by Gasteiger charge is -2.28. The van der Waals surface area contributed by atoms with Crippen molar-refractivity contribution in [3.63, 3.8) is 0 Å². The van der Waals surface area contributed by atoms with E-state index in [1.165, 1.54) is 35.4 Å². The number of hydrogen-bond donors (Lipinski definition) is 1. The first-order chi connectivity index (χ1) is 8.75. The molecular formula is C15H16FNS. The third-order valence-corrected chi connectivity index (χ3v) is 4.78. The Kier molecular flexibility index (Phi) is 3.18. The molecule has 1 nitrogen and oxygen atoms in total. The average molecular weight is 261 g/mol. The van der Waals surface area contributed by atoms with Crippen molar-refractivity contribution in [2.75, 3.05) is 0 Å². The Balaban J connectivity index is 1.90. The van der Waals surface area contributed by atoms with Gasteiger partial charge in [-0.05, 0) is 54.0 Å². The molecule has 0 saturated heterocycles. The molecule has 2 N–H and O–H groups in total. The highest BCUT2D eigenvalue weighted by Gasteiger charge is 2.27. The molecule has 1 aromatic carbocycles. The molecule has 2 aromatic rings. The molecule has 2 atom stereocenters. The van der Waals surface area contributed by atoms with E-state index in [0.29, 0.717) is 5.92 Å². The second-order valence-electron chi connectivity index (χ2n) is 4.88. The highest BCUT2D eigenvalue weighted by Crippen LogP contribution is 2.41. The Morgan fingerprint density at radius 3 is 2.78 bits per heavy atom. The Hall–Kier alpha value is -1.19. The third-order valence-electron chi connectivity index (χ3n) is 3.79. The minimum absolute atomic E-state index is 0.0285. The van der Waals surface area contributed by atoms with Crippen LogP contribution < -0.4 is 5.73 Å². The zero-order valence-corrected chi connectivity index (χ0v) is 10.9. The standard InChI is InChI=1S/C15H16FNS/c16-11-6-4-10(5-7-11)15(17)13-2-1-3-14-12(13)8-9-18-14/h4-9,13,15H,1-3,17H2. The summed E-state index contributed by atoms with van der Waals surface area (Å²) in [4.78, 5) is 1.48. The lowest BCUT2D eigenvalue weighted by Crippen LogP contribution is -2.22. The Morgan fingerprint density at radius 1 is 1.22 bits per heavy atom. The highest BCUT2D eigenvalue weighted by molar-refractivity contribution is 7.10. The van der Waals surface area contributed by atoms with Gasteiger partial charge in [0.1, 0.15) is 5.82 Å². The minimum atomic E-state index is -0.203. The van der Waals surface area contributed by atoms with Gasteiger partial charge in [0, 0.05) is 16.8 Å². The van der Waals surface area contributed by atoms with Crippen LogP contribution in [0.1, 0.15) is 40.8 Å². The average Bonchev–Trinajstić information content (AvgIpc) is 2.87. The van der Waals surface area contributed by atoms with Gasteiger partial charge >= 0.3 is 0 Å². The SMILES string of the molecule is NC(c1ccc(F)cc1)C1CCCc2sccc21. The van der Waals surface area contributed by atoms with Crippen LogP contribution in [0.4, 0.5) is 4.39 Å². The summed E-state index contributed by atoms with van der Waals surface area (Å²) < 4.78 is 12.9. The van der Waals surface area contributed by atoms with Crippen molar-refractivity contribution in [2.24, 2.45) is 5.73 Å². The second kappa shape index (κ2) is 4.82. The monoisotopic (exact) mass is 261 g/mol. The van der Waals surface area contributed by atoms with E-state index in [-0.39, 0.29) is 11.9 Å². The number of aryl methyl sites for hydroxylation is 1. The number of halogens is 1. The van der Waals surface area contributed by atoms with E-state index in [9.17, 15) is 4.39 Å². The molecule has 3 heteroatoms. The number of hydrogen-bond acceptors (Lipinski definition) is 2. The van der Waals surface area contributed by atoms with Gasteiger partial charge in [-0.25, -0.2) is 4.39 Å². The predicted molar refractivity (Wildman–Crippen MR) is 73.3 cm³/mol. The van der Waals surface area contributed by atoms with Crippen LogP contribution in [0.3, 0.4) is 0 Å². The molecule has 0 fully saturated rings. The zero-order valence-electron chi connectivity index (χ0n) is 10.1. The Bertz CT molecular complexity index is 532. The van der Waals surface area contributed by atoms with Crippen molar-refractivity contribution in [1.82, 2.24) is 0 Å². The van der Waals surface area contributed by atoms with E-state index in [0.717, 1.165) is 12.0 Å². The van der Waals surface area contributed by atoms with Crippen molar-refractivity contribution in [3.05, 3.63) is 57.5 Å². The van der Waals surface area contributed by atoms with Crippen molar-refractivity contribution in [2.45, 2.75) is 31.2 Å². The van der Waals surface area contributed by atoms with Crippen molar-refractivity contribution < 1.29 is 4.39 Å². The fraction of sp³-hybridized carbons (Fsp3) is 0.333. The predicted octanol–water partition coefficient (Wildman–Crippen LogP) is 4.01. The van der Waals surface area contributed by atoms with Crippen LogP contribution in [0.25, 0.3) is 0 Å². The molecule has 0 saturated carbocycles. The van der Waals surface area contributed by atoms with Crippen LogP contribution in [-0.4, -0.2) is 0 Å². The van der Waals surface area contributed by atoms with Gasteiger partial charge in [-0.2, -0.15) is 0 Å². The van der Waals surface area contributed by atoms with E-state index in [1.54, 1.807) is 12.1 Å². The van der Waals surface area contributed by atoms with E-state index >= 15 is 0 Å². The van der Waals surface area contributed by atoms with Crippen molar-refractivity contribution in [1.29, 1.82) is 0 Å². The summed E-state index contributed by atoms with van der Waals surface area (Å²) in [5.74, 6) is 0.177. The molecule has 2 unspecified atom stereocenters. The first kappa shape index (κ1) is 11.9. The van der Waals surface area contributed by atoms with Gasteiger partial charge in [0.2, 0.25) is 0 Å². The van der Waals surface area contributed by atoms with Crippen LogP contribution in [0, 0.1) is 5.82 Å². The topological polar surface area (TPSA) is 26.0 Å². The summed E-state index contributed by atoms with van der Waals surface area (Å²) in [6.45, 7) is 0. The molecule has 94 valence electrons.